The Bertz CT molecular complexity index is 425. The number of aromatic nitrogens is 2. The van der Waals surface area contributed by atoms with Gasteiger partial charge < -0.3 is 9.63 Å². The van der Waals surface area contributed by atoms with Gasteiger partial charge in [-0.15, -0.1) is 0 Å². The van der Waals surface area contributed by atoms with Crippen LogP contribution in [-0.2, 0) is 12.0 Å². The molecule has 1 fully saturated rings. The Balaban J connectivity index is 1.88. The Hall–Kier alpha value is -0.940. The van der Waals surface area contributed by atoms with Gasteiger partial charge in [0.1, 0.15) is 0 Å². The molecule has 1 aliphatic carbocycles. The molecule has 20 heavy (non-hydrogen) atoms. The lowest BCUT2D eigenvalue weighted by molar-refractivity contribution is 0.0496. The lowest BCUT2D eigenvalue weighted by Crippen LogP contribution is -2.35. The van der Waals surface area contributed by atoms with Crippen LogP contribution >= 0.6 is 0 Å². The van der Waals surface area contributed by atoms with Crippen LogP contribution in [0.15, 0.2) is 4.52 Å². The Morgan fingerprint density at radius 3 is 2.60 bits per heavy atom. The first-order valence-electron chi connectivity index (χ1n) is 7.56. The van der Waals surface area contributed by atoms with Gasteiger partial charge in [-0.2, -0.15) is 4.98 Å². The van der Waals surface area contributed by atoms with Crippen molar-refractivity contribution in [2.75, 3.05) is 13.6 Å². The van der Waals surface area contributed by atoms with Gasteiger partial charge in [-0.05, 0) is 25.8 Å². The summed E-state index contributed by atoms with van der Waals surface area (Å²) < 4.78 is 5.30. The molecule has 1 aliphatic rings. The average Bonchev–Trinajstić information content (AvgIpc) is 2.80. The first-order valence-corrected chi connectivity index (χ1v) is 7.56. The average molecular weight is 281 g/mol. The van der Waals surface area contributed by atoms with Crippen LogP contribution in [0.1, 0.15) is 58.2 Å². The summed E-state index contributed by atoms with van der Waals surface area (Å²) in [6, 6.07) is 0. The molecule has 0 aromatic carbocycles. The summed E-state index contributed by atoms with van der Waals surface area (Å²) in [7, 11) is 2.05. The smallest absolute Gasteiger partial charge is 0.232 e. The van der Waals surface area contributed by atoms with Crippen LogP contribution in [0, 0.1) is 5.92 Å². The first kappa shape index (κ1) is 15.4. The van der Waals surface area contributed by atoms with Gasteiger partial charge in [0.25, 0.3) is 0 Å². The highest BCUT2D eigenvalue weighted by Gasteiger charge is 2.25. The zero-order chi connectivity index (χ0) is 14.8. The molecule has 1 N–H and O–H groups in total. The van der Waals surface area contributed by atoms with E-state index in [0.29, 0.717) is 18.4 Å². The summed E-state index contributed by atoms with van der Waals surface area (Å²) in [6.45, 7) is 7.74. The third kappa shape index (κ3) is 4.03. The third-order valence-corrected chi connectivity index (χ3v) is 3.94. The van der Waals surface area contributed by atoms with E-state index in [1.165, 1.54) is 6.42 Å². The van der Waals surface area contributed by atoms with E-state index in [9.17, 15) is 5.11 Å². The van der Waals surface area contributed by atoms with E-state index in [4.69, 9.17) is 4.52 Å². The van der Waals surface area contributed by atoms with Gasteiger partial charge in [-0.25, -0.2) is 0 Å². The summed E-state index contributed by atoms with van der Waals surface area (Å²) >= 11 is 0. The molecule has 0 saturated heterocycles. The Kier molecular flexibility index (Phi) is 4.81. The van der Waals surface area contributed by atoms with Crippen molar-refractivity contribution in [3.05, 3.63) is 11.7 Å². The van der Waals surface area contributed by atoms with Gasteiger partial charge in [-0.1, -0.05) is 38.8 Å². The van der Waals surface area contributed by atoms with Crippen LogP contribution in [0.25, 0.3) is 0 Å². The minimum Gasteiger partial charge on any atom is -0.393 e. The second-order valence-corrected chi connectivity index (χ2v) is 7.07. The quantitative estimate of drug-likeness (QED) is 0.918. The van der Waals surface area contributed by atoms with E-state index in [1.54, 1.807) is 0 Å². The Labute approximate surface area is 121 Å². The number of aliphatic hydroxyl groups excluding tert-OH is 1. The van der Waals surface area contributed by atoms with Crippen LogP contribution in [0.4, 0.5) is 0 Å². The molecule has 1 saturated carbocycles. The SMILES string of the molecule is CN(Cc1noc(C(C)(C)C)n1)CC1CCCCC1O. The highest BCUT2D eigenvalue weighted by Crippen LogP contribution is 2.25. The summed E-state index contributed by atoms with van der Waals surface area (Å²) in [5, 5.41) is 14.1. The molecule has 5 heteroatoms. The number of hydrogen-bond acceptors (Lipinski definition) is 5. The second-order valence-electron chi connectivity index (χ2n) is 7.07. The van der Waals surface area contributed by atoms with Crippen molar-refractivity contribution in [3.8, 4) is 0 Å². The summed E-state index contributed by atoms with van der Waals surface area (Å²) in [6.07, 6.45) is 4.29. The number of nitrogens with zero attached hydrogens (tertiary/aromatic N) is 3. The van der Waals surface area contributed by atoms with Crippen LogP contribution in [0.2, 0.25) is 0 Å². The van der Waals surface area contributed by atoms with E-state index < -0.39 is 0 Å². The molecule has 0 spiro atoms. The molecule has 0 bridgehead atoms. The first-order chi connectivity index (χ1) is 9.36. The largest absolute Gasteiger partial charge is 0.393 e. The van der Waals surface area contributed by atoms with Crippen molar-refractivity contribution in [2.24, 2.45) is 5.92 Å². The van der Waals surface area contributed by atoms with Gasteiger partial charge in [0.05, 0.1) is 12.6 Å². The molecule has 0 radical (unpaired) electrons. The zero-order valence-electron chi connectivity index (χ0n) is 13.1. The molecule has 2 atom stereocenters. The van der Waals surface area contributed by atoms with Crippen LogP contribution in [0.3, 0.4) is 0 Å². The van der Waals surface area contributed by atoms with E-state index in [2.05, 4.69) is 42.9 Å². The molecule has 0 aliphatic heterocycles. The maximum Gasteiger partial charge on any atom is 0.232 e. The van der Waals surface area contributed by atoms with Gasteiger partial charge >= 0.3 is 0 Å². The fourth-order valence-electron chi connectivity index (χ4n) is 2.73. The van der Waals surface area contributed by atoms with E-state index in [-0.39, 0.29) is 11.5 Å². The van der Waals surface area contributed by atoms with Crippen molar-refractivity contribution in [1.82, 2.24) is 15.0 Å². The molecule has 2 unspecified atom stereocenters. The molecule has 5 nitrogen and oxygen atoms in total. The third-order valence-electron chi connectivity index (χ3n) is 3.94. The van der Waals surface area contributed by atoms with Gasteiger partial charge in [-0.3, -0.25) is 4.90 Å². The van der Waals surface area contributed by atoms with E-state index in [1.807, 2.05) is 0 Å². The molecule has 2 rings (SSSR count). The van der Waals surface area contributed by atoms with Crippen LogP contribution < -0.4 is 0 Å². The number of rotatable bonds is 4. The summed E-state index contributed by atoms with van der Waals surface area (Å²) in [5.74, 6) is 1.78. The number of aliphatic hydroxyl groups is 1. The topological polar surface area (TPSA) is 62.4 Å². The minimum atomic E-state index is -0.151. The van der Waals surface area contributed by atoms with Crippen molar-refractivity contribution >= 4 is 0 Å². The Morgan fingerprint density at radius 2 is 2.00 bits per heavy atom. The van der Waals surface area contributed by atoms with Crippen molar-refractivity contribution in [1.29, 1.82) is 0 Å². The predicted octanol–water partition coefficient (Wildman–Crippen LogP) is 2.35. The number of hydrogen-bond donors (Lipinski definition) is 1. The summed E-state index contributed by atoms with van der Waals surface area (Å²) in [5.41, 5.74) is -0.108. The van der Waals surface area contributed by atoms with Gasteiger partial charge in [0, 0.05) is 12.0 Å². The van der Waals surface area contributed by atoms with E-state index >= 15 is 0 Å². The van der Waals surface area contributed by atoms with Crippen molar-refractivity contribution in [3.63, 3.8) is 0 Å². The Morgan fingerprint density at radius 1 is 1.30 bits per heavy atom. The molecule has 1 heterocycles. The second kappa shape index (κ2) is 6.22. The van der Waals surface area contributed by atoms with Crippen molar-refractivity contribution in [2.45, 2.75) is 64.5 Å². The lowest BCUT2D eigenvalue weighted by atomic mass is 9.86. The molecular formula is C15H27N3O2. The van der Waals surface area contributed by atoms with Gasteiger partial charge in [0.2, 0.25) is 5.89 Å². The lowest BCUT2D eigenvalue weighted by Gasteiger charge is -2.30. The highest BCUT2D eigenvalue weighted by atomic mass is 16.5. The molecule has 1 aromatic heterocycles. The minimum absolute atomic E-state index is 0.108. The molecule has 114 valence electrons. The standard InChI is InChI=1S/C15H27N3O2/c1-15(2,3)14-16-13(17-20-14)10-18(4)9-11-7-5-6-8-12(11)19/h11-12,19H,5-10H2,1-4H3. The van der Waals surface area contributed by atoms with Crippen LogP contribution in [0.5, 0.6) is 0 Å². The molecular weight excluding hydrogens is 254 g/mol. The van der Waals surface area contributed by atoms with Gasteiger partial charge in [0.15, 0.2) is 5.82 Å². The monoisotopic (exact) mass is 281 g/mol. The normalized spacial score (nSPS) is 24.3. The fraction of sp³-hybridized carbons (Fsp3) is 0.867. The van der Waals surface area contributed by atoms with E-state index in [0.717, 1.165) is 31.6 Å². The molecule has 0 amide bonds. The van der Waals surface area contributed by atoms with Crippen molar-refractivity contribution < 1.29 is 9.63 Å². The fourth-order valence-corrected chi connectivity index (χ4v) is 2.73. The van der Waals surface area contributed by atoms with Crippen LogP contribution in [-0.4, -0.2) is 39.8 Å². The zero-order valence-corrected chi connectivity index (χ0v) is 13.1. The maximum absolute atomic E-state index is 10.0. The maximum atomic E-state index is 10.0. The highest BCUT2D eigenvalue weighted by molar-refractivity contribution is 4.98. The summed E-state index contributed by atoms with van der Waals surface area (Å²) in [4.78, 5) is 6.63. The molecule has 1 aromatic rings. The predicted molar refractivity (Wildman–Crippen MR) is 77.3 cm³/mol.